The van der Waals surface area contributed by atoms with Crippen molar-refractivity contribution in [1.82, 2.24) is 0 Å². The third-order valence-electron chi connectivity index (χ3n) is 2.71. The molecule has 2 aromatic rings. The summed E-state index contributed by atoms with van der Waals surface area (Å²) >= 11 is 0. The van der Waals surface area contributed by atoms with Gasteiger partial charge < -0.3 is 5.21 Å². The van der Waals surface area contributed by atoms with Crippen molar-refractivity contribution in [3.63, 3.8) is 0 Å². The van der Waals surface area contributed by atoms with E-state index in [1.165, 1.54) is 12.1 Å². The van der Waals surface area contributed by atoms with Crippen LogP contribution in [0.3, 0.4) is 0 Å². The molecular formula is C15H11FN2O. The number of nitriles is 1. The van der Waals surface area contributed by atoms with Gasteiger partial charge >= 0.3 is 0 Å². The smallest absolute Gasteiger partial charge is 0.252 e. The lowest BCUT2D eigenvalue weighted by atomic mass is 10.1. The van der Waals surface area contributed by atoms with Gasteiger partial charge in [-0.25, -0.2) is 0 Å². The summed E-state index contributed by atoms with van der Waals surface area (Å²) < 4.78 is 14.6. The predicted octanol–water partition coefficient (Wildman–Crippen LogP) is 2.97. The minimum atomic E-state index is -0.608. The van der Waals surface area contributed by atoms with Crippen LogP contribution in [-0.2, 0) is 0 Å². The van der Waals surface area contributed by atoms with Gasteiger partial charge in [-0.15, -0.1) is 0 Å². The molecule has 0 bridgehead atoms. The lowest BCUT2D eigenvalue weighted by Crippen LogP contribution is -2.34. The lowest BCUT2D eigenvalue weighted by molar-refractivity contribution is -0.615. The molecule has 0 amide bonds. The van der Waals surface area contributed by atoms with E-state index in [1.807, 2.05) is 6.07 Å². The first-order chi connectivity index (χ1) is 9.11. The van der Waals surface area contributed by atoms with Crippen LogP contribution in [0, 0.1) is 23.5 Å². The zero-order chi connectivity index (χ0) is 13.8. The van der Waals surface area contributed by atoms with Gasteiger partial charge in [-0.2, -0.15) is 14.4 Å². The number of aromatic nitrogens is 1. The molecule has 0 unspecified atom stereocenters. The monoisotopic (exact) mass is 254 g/mol. The molecule has 1 aromatic carbocycles. The largest absolute Gasteiger partial charge is 0.618 e. The van der Waals surface area contributed by atoms with Gasteiger partial charge in [-0.05, 0) is 29.8 Å². The van der Waals surface area contributed by atoms with Gasteiger partial charge in [0.15, 0.2) is 11.5 Å². The normalized spacial score (nSPS) is 11.1. The molecule has 4 heteroatoms. The lowest BCUT2D eigenvalue weighted by Gasteiger charge is -2.04. The summed E-state index contributed by atoms with van der Waals surface area (Å²) in [5.41, 5.74) is 1.51. The van der Waals surface area contributed by atoms with Gasteiger partial charge in [0.05, 0.1) is 11.6 Å². The second kappa shape index (κ2) is 5.32. The fraction of sp³-hybridized carbons (Fsp3) is 0.0667. The number of pyridine rings is 1. The first-order valence-corrected chi connectivity index (χ1v) is 5.69. The highest BCUT2D eigenvalue weighted by Gasteiger charge is 2.12. The topological polar surface area (TPSA) is 50.7 Å². The number of halogens is 1. The predicted molar refractivity (Wildman–Crippen MR) is 70.3 cm³/mol. The molecule has 0 atom stereocenters. The Bertz CT molecular complexity index is 670. The van der Waals surface area contributed by atoms with Crippen molar-refractivity contribution in [2.24, 2.45) is 0 Å². The van der Waals surface area contributed by atoms with Crippen LogP contribution in [0.1, 0.15) is 22.5 Å². The standard InChI is InChI=1S/C15H11FN2O/c1-11-3-2-4-15(18(11)19)14(16)9-12-5-7-13(10-17)8-6-12/h2-9H,1H3/b14-9-. The van der Waals surface area contributed by atoms with Gasteiger partial charge in [0, 0.05) is 19.1 Å². The molecule has 0 radical (unpaired) electrons. The maximum Gasteiger partial charge on any atom is 0.252 e. The molecule has 0 aliphatic rings. The van der Waals surface area contributed by atoms with Gasteiger partial charge in [0.25, 0.3) is 5.69 Å². The van der Waals surface area contributed by atoms with E-state index in [4.69, 9.17) is 5.26 Å². The zero-order valence-corrected chi connectivity index (χ0v) is 10.3. The van der Waals surface area contributed by atoms with Crippen LogP contribution in [0.4, 0.5) is 4.39 Å². The minimum Gasteiger partial charge on any atom is -0.618 e. The number of hydrogen-bond donors (Lipinski definition) is 0. The Labute approximate surface area is 110 Å². The van der Waals surface area contributed by atoms with Crippen LogP contribution in [0.25, 0.3) is 11.9 Å². The maximum atomic E-state index is 14.0. The summed E-state index contributed by atoms with van der Waals surface area (Å²) in [4.78, 5) is 0. The number of nitrogens with zero attached hydrogens (tertiary/aromatic N) is 2. The Balaban J connectivity index is 2.37. The Kier molecular flexibility index (Phi) is 3.58. The van der Waals surface area contributed by atoms with Crippen molar-refractivity contribution in [1.29, 1.82) is 5.26 Å². The Morgan fingerprint density at radius 2 is 1.95 bits per heavy atom. The quantitative estimate of drug-likeness (QED) is 0.611. The summed E-state index contributed by atoms with van der Waals surface area (Å²) in [6.07, 6.45) is 1.27. The molecule has 1 heterocycles. The third-order valence-corrected chi connectivity index (χ3v) is 2.71. The summed E-state index contributed by atoms with van der Waals surface area (Å²) in [6.45, 7) is 1.62. The summed E-state index contributed by atoms with van der Waals surface area (Å²) in [7, 11) is 0. The number of hydrogen-bond acceptors (Lipinski definition) is 2. The van der Waals surface area contributed by atoms with Crippen LogP contribution in [-0.4, -0.2) is 0 Å². The van der Waals surface area contributed by atoms with Gasteiger partial charge in [-0.1, -0.05) is 12.1 Å². The molecular weight excluding hydrogens is 243 g/mol. The highest BCUT2D eigenvalue weighted by molar-refractivity contribution is 5.74. The van der Waals surface area contributed by atoms with E-state index in [1.54, 1.807) is 43.3 Å². The van der Waals surface area contributed by atoms with Crippen LogP contribution in [0.15, 0.2) is 42.5 Å². The fourth-order valence-corrected chi connectivity index (χ4v) is 1.65. The van der Waals surface area contributed by atoms with Crippen LogP contribution < -0.4 is 4.73 Å². The van der Waals surface area contributed by atoms with E-state index in [9.17, 15) is 9.60 Å². The molecule has 0 spiro atoms. The van der Waals surface area contributed by atoms with E-state index in [-0.39, 0.29) is 5.69 Å². The highest BCUT2D eigenvalue weighted by atomic mass is 19.1. The molecule has 94 valence electrons. The molecule has 0 saturated carbocycles. The molecule has 0 aliphatic carbocycles. The van der Waals surface area contributed by atoms with Gasteiger partial charge in [-0.3, -0.25) is 0 Å². The first kappa shape index (κ1) is 12.8. The summed E-state index contributed by atoms with van der Waals surface area (Å²) in [5.74, 6) is -0.608. The van der Waals surface area contributed by atoms with E-state index >= 15 is 0 Å². The first-order valence-electron chi connectivity index (χ1n) is 5.69. The van der Waals surface area contributed by atoms with Crippen molar-refractivity contribution < 1.29 is 9.12 Å². The average molecular weight is 254 g/mol. The fourth-order valence-electron chi connectivity index (χ4n) is 1.65. The second-order valence-electron chi connectivity index (χ2n) is 4.07. The van der Waals surface area contributed by atoms with E-state index < -0.39 is 5.83 Å². The van der Waals surface area contributed by atoms with Crippen molar-refractivity contribution in [3.8, 4) is 6.07 Å². The SMILES string of the molecule is Cc1cccc(/C(F)=C/c2ccc(C#N)cc2)[n+]1[O-]. The van der Waals surface area contributed by atoms with Gasteiger partial charge in [0.1, 0.15) is 0 Å². The minimum absolute atomic E-state index is 0.0237. The van der Waals surface area contributed by atoms with Crippen LogP contribution in [0.2, 0.25) is 0 Å². The van der Waals surface area contributed by atoms with E-state index in [2.05, 4.69) is 0 Å². The van der Waals surface area contributed by atoms with Crippen LogP contribution in [0.5, 0.6) is 0 Å². The van der Waals surface area contributed by atoms with E-state index in [0.29, 0.717) is 21.6 Å². The molecule has 3 nitrogen and oxygen atoms in total. The Morgan fingerprint density at radius 1 is 1.26 bits per heavy atom. The van der Waals surface area contributed by atoms with Crippen LogP contribution >= 0.6 is 0 Å². The van der Waals surface area contributed by atoms with Crippen molar-refractivity contribution >= 4 is 11.9 Å². The van der Waals surface area contributed by atoms with Crippen molar-refractivity contribution in [2.75, 3.05) is 0 Å². The second-order valence-corrected chi connectivity index (χ2v) is 4.07. The molecule has 2 rings (SSSR count). The molecule has 19 heavy (non-hydrogen) atoms. The number of benzene rings is 1. The summed E-state index contributed by atoms with van der Waals surface area (Å²) in [6, 6.07) is 13.1. The van der Waals surface area contributed by atoms with Crippen molar-refractivity contribution in [3.05, 3.63) is 70.2 Å². The zero-order valence-electron chi connectivity index (χ0n) is 10.3. The molecule has 0 aliphatic heterocycles. The Hall–Kier alpha value is -2.67. The molecule has 1 aromatic heterocycles. The van der Waals surface area contributed by atoms with E-state index in [0.717, 1.165) is 0 Å². The highest BCUT2D eigenvalue weighted by Crippen LogP contribution is 2.17. The summed E-state index contributed by atoms with van der Waals surface area (Å²) in [5, 5.41) is 20.4. The number of rotatable bonds is 2. The average Bonchev–Trinajstić information content (AvgIpc) is 2.42. The maximum absolute atomic E-state index is 14.0. The molecule has 0 N–H and O–H groups in total. The molecule has 0 saturated heterocycles. The molecule has 0 fully saturated rings. The number of aryl methyl sites for hydroxylation is 1. The third kappa shape index (κ3) is 2.78. The Morgan fingerprint density at radius 3 is 2.58 bits per heavy atom. The van der Waals surface area contributed by atoms with Gasteiger partial charge in [0.2, 0.25) is 0 Å². The van der Waals surface area contributed by atoms with Crippen molar-refractivity contribution in [2.45, 2.75) is 6.92 Å².